The van der Waals surface area contributed by atoms with Crippen LogP contribution >= 0.6 is 11.8 Å². The monoisotopic (exact) mass is 301 g/mol. The van der Waals surface area contributed by atoms with Gasteiger partial charge in [0, 0.05) is 12.2 Å². The van der Waals surface area contributed by atoms with Gasteiger partial charge >= 0.3 is 0 Å². The number of nitrogens with zero attached hydrogens (tertiary/aromatic N) is 2. The van der Waals surface area contributed by atoms with Gasteiger partial charge in [0.2, 0.25) is 0 Å². The van der Waals surface area contributed by atoms with Gasteiger partial charge < -0.3 is 5.32 Å². The molecule has 1 aromatic rings. The Morgan fingerprint density at radius 2 is 2.11 bits per heavy atom. The Morgan fingerprint density at radius 3 is 2.68 bits per heavy atom. The minimum absolute atomic E-state index is 0.0341. The average Bonchev–Trinajstić information content (AvgIpc) is 2.41. The van der Waals surface area contributed by atoms with Crippen LogP contribution in [0.5, 0.6) is 0 Å². The standard InChI is InChI=1S/C11H15N3O3S2/c1-18-11-12-6-8(7-15)10(14-11)13-9-2-4-19(16,17)5-3-9/h6-7,9H,2-5H2,1H3,(H,12,13,14). The summed E-state index contributed by atoms with van der Waals surface area (Å²) in [6.45, 7) is 0. The van der Waals surface area contributed by atoms with E-state index in [0.29, 0.717) is 35.7 Å². The minimum atomic E-state index is -2.88. The Bertz CT molecular complexity index is 561. The van der Waals surface area contributed by atoms with Crippen molar-refractivity contribution >= 4 is 33.7 Å². The van der Waals surface area contributed by atoms with Crippen LogP contribution in [0.3, 0.4) is 0 Å². The molecule has 19 heavy (non-hydrogen) atoms. The zero-order valence-electron chi connectivity index (χ0n) is 10.5. The number of sulfone groups is 1. The van der Waals surface area contributed by atoms with Crippen LogP contribution in [0.2, 0.25) is 0 Å². The van der Waals surface area contributed by atoms with E-state index in [4.69, 9.17) is 0 Å². The van der Waals surface area contributed by atoms with Gasteiger partial charge in [-0.3, -0.25) is 4.79 Å². The molecular weight excluding hydrogens is 286 g/mol. The van der Waals surface area contributed by atoms with Crippen molar-refractivity contribution in [3.8, 4) is 0 Å². The highest BCUT2D eigenvalue weighted by Crippen LogP contribution is 2.20. The molecule has 0 spiro atoms. The number of carbonyl (C=O) groups excluding carboxylic acids is 1. The van der Waals surface area contributed by atoms with Crippen LogP contribution in [-0.4, -0.2) is 48.5 Å². The molecule has 1 N–H and O–H groups in total. The second-order valence-electron chi connectivity index (χ2n) is 4.35. The molecule has 0 unspecified atom stereocenters. The fourth-order valence-corrected chi connectivity index (χ4v) is 3.73. The first-order valence-electron chi connectivity index (χ1n) is 5.87. The van der Waals surface area contributed by atoms with Crippen LogP contribution in [0.15, 0.2) is 11.4 Å². The van der Waals surface area contributed by atoms with Crippen molar-refractivity contribution < 1.29 is 13.2 Å². The largest absolute Gasteiger partial charge is 0.367 e. The van der Waals surface area contributed by atoms with Gasteiger partial charge in [-0.1, -0.05) is 11.8 Å². The van der Waals surface area contributed by atoms with E-state index < -0.39 is 9.84 Å². The van der Waals surface area contributed by atoms with Crippen molar-refractivity contribution in [2.75, 3.05) is 23.1 Å². The average molecular weight is 301 g/mol. The van der Waals surface area contributed by atoms with E-state index >= 15 is 0 Å². The first-order chi connectivity index (χ1) is 9.04. The molecule has 0 bridgehead atoms. The number of anilines is 1. The van der Waals surface area contributed by atoms with Crippen molar-refractivity contribution in [1.82, 2.24) is 9.97 Å². The molecule has 8 heteroatoms. The topological polar surface area (TPSA) is 89.0 Å². The van der Waals surface area contributed by atoms with E-state index in [-0.39, 0.29) is 17.5 Å². The van der Waals surface area contributed by atoms with E-state index in [2.05, 4.69) is 15.3 Å². The van der Waals surface area contributed by atoms with E-state index in [0.717, 1.165) is 0 Å². The molecule has 104 valence electrons. The lowest BCUT2D eigenvalue weighted by Gasteiger charge is -2.24. The Hall–Kier alpha value is -1.15. The maximum atomic E-state index is 11.4. The fraction of sp³-hybridized carbons (Fsp3) is 0.545. The highest BCUT2D eigenvalue weighted by molar-refractivity contribution is 7.98. The number of rotatable bonds is 4. The summed E-state index contributed by atoms with van der Waals surface area (Å²) in [7, 11) is -2.88. The van der Waals surface area contributed by atoms with Crippen molar-refractivity contribution in [3.63, 3.8) is 0 Å². The van der Waals surface area contributed by atoms with Crippen LogP contribution in [-0.2, 0) is 9.84 Å². The molecule has 6 nitrogen and oxygen atoms in total. The summed E-state index contributed by atoms with van der Waals surface area (Å²) in [4.78, 5) is 19.2. The maximum Gasteiger partial charge on any atom is 0.189 e. The SMILES string of the molecule is CSc1ncc(C=O)c(NC2CCS(=O)(=O)CC2)n1. The molecule has 1 aromatic heterocycles. The summed E-state index contributed by atoms with van der Waals surface area (Å²) in [5.74, 6) is 0.849. The van der Waals surface area contributed by atoms with Crippen LogP contribution in [0.1, 0.15) is 23.2 Å². The lowest BCUT2D eigenvalue weighted by Crippen LogP contribution is -2.32. The zero-order valence-corrected chi connectivity index (χ0v) is 12.1. The normalized spacial score (nSPS) is 19.0. The van der Waals surface area contributed by atoms with Gasteiger partial charge in [0.25, 0.3) is 0 Å². The molecule has 1 aliphatic rings. The Balaban J connectivity index is 2.12. The molecule has 0 aliphatic carbocycles. The Morgan fingerprint density at radius 1 is 1.42 bits per heavy atom. The highest BCUT2D eigenvalue weighted by Gasteiger charge is 2.24. The molecular formula is C11H15N3O3S2. The number of nitrogens with one attached hydrogen (secondary N) is 1. The number of hydrogen-bond donors (Lipinski definition) is 1. The third-order valence-corrected chi connectivity index (χ3v) is 5.28. The molecule has 1 fully saturated rings. The summed E-state index contributed by atoms with van der Waals surface area (Å²) in [6, 6.07) is 0.0341. The second kappa shape index (κ2) is 5.87. The molecule has 1 saturated heterocycles. The molecule has 0 saturated carbocycles. The van der Waals surface area contributed by atoms with E-state index in [9.17, 15) is 13.2 Å². The molecule has 1 aliphatic heterocycles. The number of carbonyl (C=O) groups is 1. The summed E-state index contributed by atoms with van der Waals surface area (Å²) in [5.41, 5.74) is 0.395. The van der Waals surface area contributed by atoms with E-state index in [1.165, 1.54) is 18.0 Å². The van der Waals surface area contributed by atoms with Crippen molar-refractivity contribution in [1.29, 1.82) is 0 Å². The summed E-state index contributed by atoms with van der Waals surface area (Å²) >= 11 is 1.39. The number of thioether (sulfide) groups is 1. The molecule has 0 atom stereocenters. The van der Waals surface area contributed by atoms with E-state index in [1.54, 1.807) is 0 Å². The number of hydrogen-bond acceptors (Lipinski definition) is 7. The predicted molar refractivity (Wildman–Crippen MR) is 74.5 cm³/mol. The summed E-state index contributed by atoms with van der Waals surface area (Å²) < 4.78 is 22.7. The Labute approximate surface area is 116 Å². The van der Waals surface area contributed by atoms with Gasteiger partial charge in [-0.2, -0.15) is 0 Å². The molecule has 0 amide bonds. The highest BCUT2D eigenvalue weighted by atomic mass is 32.2. The van der Waals surface area contributed by atoms with Crippen molar-refractivity contribution in [2.45, 2.75) is 24.0 Å². The molecule has 0 radical (unpaired) electrons. The maximum absolute atomic E-state index is 11.4. The van der Waals surface area contributed by atoms with Crippen LogP contribution in [0, 0.1) is 0 Å². The van der Waals surface area contributed by atoms with Gasteiger partial charge in [-0.25, -0.2) is 18.4 Å². The van der Waals surface area contributed by atoms with Crippen molar-refractivity contribution in [3.05, 3.63) is 11.8 Å². The van der Waals surface area contributed by atoms with Gasteiger partial charge in [0.1, 0.15) is 15.7 Å². The fourth-order valence-electron chi connectivity index (χ4n) is 1.90. The third-order valence-electron chi connectivity index (χ3n) is 3.00. The van der Waals surface area contributed by atoms with Crippen molar-refractivity contribution in [2.24, 2.45) is 0 Å². The molecule has 2 rings (SSSR count). The predicted octanol–water partition coefficient (Wildman–Crippen LogP) is 1.00. The number of aromatic nitrogens is 2. The third kappa shape index (κ3) is 3.66. The minimum Gasteiger partial charge on any atom is -0.367 e. The van der Waals surface area contributed by atoms with Crippen LogP contribution < -0.4 is 5.32 Å². The number of aldehydes is 1. The smallest absolute Gasteiger partial charge is 0.189 e. The zero-order chi connectivity index (χ0) is 13.9. The van der Waals surface area contributed by atoms with Crippen LogP contribution in [0.25, 0.3) is 0 Å². The summed E-state index contributed by atoms with van der Waals surface area (Å²) in [5, 5.41) is 3.73. The first-order valence-corrected chi connectivity index (χ1v) is 8.92. The molecule has 0 aromatic carbocycles. The Kier molecular flexibility index (Phi) is 4.41. The lowest BCUT2D eigenvalue weighted by molar-refractivity contribution is 0.112. The lowest BCUT2D eigenvalue weighted by atomic mass is 10.1. The molecule has 2 heterocycles. The van der Waals surface area contributed by atoms with Gasteiger partial charge in [0.05, 0.1) is 17.1 Å². The van der Waals surface area contributed by atoms with E-state index in [1.807, 2.05) is 6.26 Å². The summed E-state index contributed by atoms with van der Waals surface area (Å²) in [6.07, 6.45) is 5.12. The first kappa shape index (κ1) is 14.3. The second-order valence-corrected chi connectivity index (χ2v) is 7.43. The van der Waals surface area contributed by atoms with Crippen LogP contribution in [0.4, 0.5) is 5.82 Å². The quantitative estimate of drug-likeness (QED) is 0.504. The van der Waals surface area contributed by atoms with Gasteiger partial charge in [-0.05, 0) is 19.1 Å². The van der Waals surface area contributed by atoms with Gasteiger partial charge in [0.15, 0.2) is 11.4 Å². The van der Waals surface area contributed by atoms with Gasteiger partial charge in [-0.15, -0.1) is 0 Å².